The van der Waals surface area contributed by atoms with Crippen LogP contribution in [0.25, 0.3) is 0 Å². The van der Waals surface area contributed by atoms with Crippen LogP contribution in [-0.4, -0.2) is 29.3 Å². The SMILES string of the molecule is C=CCONC1CN(C(=O)O)Cc2cocc21. The molecule has 6 heteroatoms. The Hall–Kier alpha value is -1.79. The van der Waals surface area contributed by atoms with Crippen LogP contribution < -0.4 is 5.48 Å². The quantitative estimate of drug-likeness (QED) is 0.472. The van der Waals surface area contributed by atoms with Crippen molar-refractivity contribution in [3.63, 3.8) is 0 Å². The Balaban J connectivity index is 2.09. The van der Waals surface area contributed by atoms with Gasteiger partial charge in [0.15, 0.2) is 0 Å². The fourth-order valence-corrected chi connectivity index (χ4v) is 1.81. The van der Waals surface area contributed by atoms with Gasteiger partial charge in [-0.2, -0.15) is 5.48 Å². The van der Waals surface area contributed by atoms with Crippen molar-refractivity contribution in [1.82, 2.24) is 10.4 Å². The highest BCUT2D eigenvalue weighted by Crippen LogP contribution is 2.27. The van der Waals surface area contributed by atoms with Crippen molar-refractivity contribution in [2.75, 3.05) is 13.2 Å². The third kappa shape index (κ3) is 2.48. The van der Waals surface area contributed by atoms with Crippen molar-refractivity contribution < 1.29 is 19.2 Å². The van der Waals surface area contributed by atoms with Crippen LogP contribution in [0.4, 0.5) is 4.79 Å². The molecule has 6 nitrogen and oxygen atoms in total. The van der Waals surface area contributed by atoms with Gasteiger partial charge in [-0.05, 0) is 0 Å². The second kappa shape index (κ2) is 5.03. The molecule has 2 heterocycles. The van der Waals surface area contributed by atoms with Gasteiger partial charge in [0.2, 0.25) is 0 Å². The predicted octanol–water partition coefficient (Wildman–Crippen LogP) is 1.52. The molecule has 1 aromatic heterocycles. The number of nitrogens with zero attached hydrogens (tertiary/aromatic N) is 1. The van der Waals surface area contributed by atoms with Crippen molar-refractivity contribution in [3.8, 4) is 0 Å². The van der Waals surface area contributed by atoms with E-state index < -0.39 is 6.09 Å². The summed E-state index contributed by atoms with van der Waals surface area (Å²) in [5.41, 5.74) is 4.61. The van der Waals surface area contributed by atoms with Crippen molar-refractivity contribution in [2.24, 2.45) is 0 Å². The summed E-state index contributed by atoms with van der Waals surface area (Å²) >= 11 is 0. The molecule has 1 unspecified atom stereocenters. The first-order chi connectivity index (χ1) is 8.22. The summed E-state index contributed by atoms with van der Waals surface area (Å²) in [7, 11) is 0. The number of carboxylic acid groups (broad SMARTS) is 1. The van der Waals surface area contributed by atoms with Gasteiger partial charge in [-0.1, -0.05) is 6.08 Å². The molecule has 0 radical (unpaired) electrons. The van der Waals surface area contributed by atoms with Crippen LogP contribution in [-0.2, 0) is 11.4 Å². The highest BCUT2D eigenvalue weighted by Gasteiger charge is 2.29. The molecule has 2 N–H and O–H groups in total. The molecule has 17 heavy (non-hydrogen) atoms. The van der Waals surface area contributed by atoms with Crippen LogP contribution in [0.1, 0.15) is 17.2 Å². The van der Waals surface area contributed by atoms with Gasteiger partial charge in [-0.25, -0.2) is 4.79 Å². The van der Waals surface area contributed by atoms with Crippen molar-refractivity contribution >= 4 is 6.09 Å². The molecule has 1 amide bonds. The topological polar surface area (TPSA) is 74.9 Å². The van der Waals surface area contributed by atoms with Crippen molar-refractivity contribution in [1.29, 1.82) is 0 Å². The molecule has 0 spiro atoms. The van der Waals surface area contributed by atoms with Gasteiger partial charge < -0.3 is 14.4 Å². The van der Waals surface area contributed by atoms with Gasteiger partial charge in [0.1, 0.15) is 0 Å². The maximum atomic E-state index is 11.0. The van der Waals surface area contributed by atoms with Gasteiger partial charge in [-0.15, -0.1) is 6.58 Å². The van der Waals surface area contributed by atoms with E-state index in [1.165, 1.54) is 4.90 Å². The zero-order valence-corrected chi connectivity index (χ0v) is 9.26. The highest BCUT2D eigenvalue weighted by atomic mass is 16.6. The molecule has 0 aromatic carbocycles. The van der Waals surface area contributed by atoms with Crippen LogP contribution in [0.2, 0.25) is 0 Å². The standard InChI is InChI=1S/C11H14N2O4/c1-2-3-17-12-10-5-13(11(14)15)4-8-6-16-7-9(8)10/h2,6-7,10,12H,1,3-5H2,(H,14,15). The number of hydroxylamine groups is 1. The molecule has 0 saturated carbocycles. The van der Waals surface area contributed by atoms with E-state index in [2.05, 4.69) is 12.1 Å². The Morgan fingerprint density at radius 2 is 2.59 bits per heavy atom. The molecule has 0 saturated heterocycles. The third-order valence-electron chi connectivity index (χ3n) is 2.61. The van der Waals surface area contributed by atoms with Crippen LogP contribution in [0.5, 0.6) is 0 Å². The molecule has 92 valence electrons. The minimum atomic E-state index is -0.952. The van der Waals surface area contributed by atoms with Gasteiger partial charge in [-0.3, -0.25) is 4.84 Å². The minimum absolute atomic E-state index is 0.214. The van der Waals surface area contributed by atoms with E-state index in [0.717, 1.165) is 11.1 Å². The zero-order valence-electron chi connectivity index (χ0n) is 9.26. The van der Waals surface area contributed by atoms with E-state index in [0.29, 0.717) is 19.7 Å². The lowest BCUT2D eigenvalue weighted by Gasteiger charge is -2.30. The average molecular weight is 238 g/mol. The molecular weight excluding hydrogens is 224 g/mol. The first-order valence-electron chi connectivity index (χ1n) is 5.23. The Kier molecular flexibility index (Phi) is 3.46. The fourth-order valence-electron chi connectivity index (χ4n) is 1.81. The second-order valence-electron chi connectivity index (χ2n) is 3.79. The van der Waals surface area contributed by atoms with Crippen LogP contribution in [0.3, 0.4) is 0 Å². The summed E-state index contributed by atoms with van der Waals surface area (Å²) < 4.78 is 5.10. The second-order valence-corrected chi connectivity index (χ2v) is 3.79. The number of furan rings is 1. The van der Waals surface area contributed by atoms with E-state index in [4.69, 9.17) is 14.4 Å². The lowest BCUT2D eigenvalue weighted by Crippen LogP contribution is -2.41. The number of carbonyl (C=O) groups is 1. The van der Waals surface area contributed by atoms with E-state index in [1.807, 2.05) is 0 Å². The Bertz CT molecular complexity index is 415. The molecule has 1 aliphatic heterocycles. The number of hydrogen-bond donors (Lipinski definition) is 2. The van der Waals surface area contributed by atoms with Crippen LogP contribution in [0.15, 0.2) is 29.6 Å². The molecule has 1 atom stereocenters. The Labute approximate surface area is 98.4 Å². The molecule has 1 aliphatic rings. The molecule has 0 fully saturated rings. The molecule has 1 aromatic rings. The van der Waals surface area contributed by atoms with Gasteiger partial charge >= 0.3 is 6.09 Å². The summed E-state index contributed by atoms with van der Waals surface area (Å²) in [6, 6.07) is -0.214. The molecule has 0 bridgehead atoms. The number of rotatable bonds is 4. The summed E-state index contributed by atoms with van der Waals surface area (Å²) in [5, 5.41) is 9.00. The first kappa shape index (κ1) is 11.7. The van der Waals surface area contributed by atoms with E-state index in [-0.39, 0.29) is 6.04 Å². The Morgan fingerprint density at radius 3 is 3.29 bits per heavy atom. The number of amides is 1. The molecule has 2 rings (SSSR count). The van der Waals surface area contributed by atoms with E-state index in [1.54, 1.807) is 18.6 Å². The van der Waals surface area contributed by atoms with E-state index >= 15 is 0 Å². The number of hydrogen-bond acceptors (Lipinski definition) is 4. The summed E-state index contributed by atoms with van der Waals surface area (Å²) in [6.07, 6.45) is 3.84. The van der Waals surface area contributed by atoms with Gasteiger partial charge in [0.25, 0.3) is 0 Å². The van der Waals surface area contributed by atoms with Crippen molar-refractivity contribution in [2.45, 2.75) is 12.6 Å². The normalized spacial score (nSPS) is 18.8. The number of fused-ring (bicyclic) bond motifs is 1. The molecule has 0 aliphatic carbocycles. The molecular formula is C11H14N2O4. The van der Waals surface area contributed by atoms with Crippen LogP contribution >= 0.6 is 0 Å². The smallest absolute Gasteiger partial charge is 0.407 e. The average Bonchev–Trinajstić information content (AvgIpc) is 2.77. The van der Waals surface area contributed by atoms with E-state index in [9.17, 15) is 4.79 Å². The van der Waals surface area contributed by atoms with Crippen molar-refractivity contribution in [3.05, 3.63) is 36.3 Å². The monoisotopic (exact) mass is 238 g/mol. The summed E-state index contributed by atoms with van der Waals surface area (Å²) in [5.74, 6) is 0. The maximum Gasteiger partial charge on any atom is 0.407 e. The summed E-state index contributed by atoms with van der Waals surface area (Å²) in [4.78, 5) is 17.4. The first-order valence-corrected chi connectivity index (χ1v) is 5.23. The lowest BCUT2D eigenvalue weighted by molar-refractivity contribution is 0.0192. The maximum absolute atomic E-state index is 11.0. The highest BCUT2D eigenvalue weighted by molar-refractivity contribution is 5.65. The summed E-state index contributed by atoms with van der Waals surface area (Å²) in [6.45, 7) is 4.57. The zero-order chi connectivity index (χ0) is 12.3. The van der Waals surface area contributed by atoms with Gasteiger partial charge in [0, 0.05) is 17.7 Å². The third-order valence-corrected chi connectivity index (χ3v) is 2.61. The van der Waals surface area contributed by atoms with Crippen LogP contribution in [0, 0.1) is 0 Å². The number of nitrogens with one attached hydrogen (secondary N) is 1. The lowest BCUT2D eigenvalue weighted by atomic mass is 10.0. The fraction of sp³-hybridized carbons (Fsp3) is 0.364. The Morgan fingerprint density at radius 1 is 1.76 bits per heavy atom. The predicted molar refractivity (Wildman–Crippen MR) is 59.2 cm³/mol. The largest absolute Gasteiger partial charge is 0.472 e. The van der Waals surface area contributed by atoms with Gasteiger partial charge in [0.05, 0.1) is 31.7 Å². The minimum Gasteiger partial charge on any atom is -0.472 e.